The monoisotopic (exact) mass is 456 g/mol. The molecule has 0 bridgehead atoms. The van der Waals surface area contributed by atoms with E-state index in [0.717, 1.165) is 53.9 Å². The van der Waals surface area contributed by atoms with Gasteiger partial charge >= 0.3 is 0 Å². The summed E-state index contributed by atoms with van der Waals surface area (Å²) >= 11 is 0. The molecule has 1 aliphatic heterocycles. The summed E-state index contributed by atoms with van der Waals surface area (Å²) in [5.41, 5.74) is 5.39. The first-order valence-corrected chi connectivity index (χ1v) is 11.7. The Labute approximate surface area is 201 Å². The van der Waals surface area contributed by atoms with Gasteiger partial charge in [-0.25, -0.2) is 0 Å². The van der Waals surface area contributed by atoms with Gasteiger partial charge in [-0.3, -0.25) is 5.32 Å². The molecule has 2 atom stereocenters. The number of hydrogen-bond acceptors (Lipinski definition) is 5. The Bertz CT molecular complexity index is 1210. The molecule has 2 aromatic carbocycles. The van der Waals surface area contributed by atoms with Crippen LogP contribution in [0.2, 0.25) is 0 Å². The van der Waals surface area contributed by atoms with Crippen LogP contribution in [0.25, 0.3) is 5.69 Å². The summed E-state index contributed by atoms with van der Waals surface area (Å²) in [7, 11) is 1.68. The molecule has 0 spiro atoms. The van der Waals surface area contributed by atoms with E-state index < -0.39 is 6.23 Å². The smallest absolute Gasteiger partial charge is 0.131 e. The summed E-state index contributed by atoms with van der Waals surface area (Å²) in [5.74, 6) is 0.813. The number of ether oxygens (including phenoxy) is 1. The van der Waals surface area contributed by atoms with Crippen molar-refractivity contribution < 1.29 is 9.84 Å². The van der Waals surface area contributed by atoms with Gasteiger partial charge in [-0.05, 0) is 67.1 Å². The fourth-order valence-corrected chi connectivity index (χ4v) is 4.79. The predicted molar refractivity (Wildman–Crippen MR) is 135 cm³/mol. The van der Waals surface area contributed by atoms with Gasteiger partial charge in [-0.1, -0.05) is 25.1 Å². The number of allylic oxidation sites excluding steroid dienone is 1. The second-order valence-electron chi connectivity index (χ2n) is 8.67. The second kappa shape index (κ2) is 10.2. The Morgan fingerprint density at radius 1 is 1.29 bits per heavy atom. The molecule has 6 heteroatoms. The number of fused-ring (bicyclic) bond motifs is 3. The molecule has 6 nitrogen and oxygen atoms in total. The number of aliphatic hydroxyl groups is 1. The van der Waals surface area contributed by atoms with E-state index in [-0.39, 0.29) is 5.54 Å². The van der Waals surface area contributed by atoms with Gasteiger partial charge in [0.15, 0.2) is 0 Å². The fourth-order valence-electron chi connectivity index (χ4n) is 4.79. The molecular formula is C28H32N4O2. The number of benzene rings is 2. The Morgan fingerprint density at radius 3 is 2.88 bits per heavy atom. The van der Waals surface area contributed by atoms with Gasteiger partial charge in [0.2, 0.25) is 0 Å². The van der Waals surface area contributed by atoms with Crippen molar-refractivity contribution >= 4 is 5.69 Å². The maximum atomic E-state index is 10.8. The van der Waals surface area contributed by atoms with Gasteiger partial charge in [-0.2, -0.15) is 5.26 Å². The third-order valence-corrected chi connectivity index (χ3v) is 6.75. The van der Waals surface area contributed by atoms with Gasteiger partial charge in [0.05, 0.1) is 35.7 Å². The molecule has 0 saturated carbocycles. The number of nitrogens with one attached hydrogen (secondary N) is 2. The number of nitrogens with zero attached hydrogens (tertiary/aromatic N) is 2. The third kappa shape index (κ3) is 4.45. The summed E-state index contributed by atoms with van der Waals surface area (Å²) in [6.45, 7) is 6.55. The highest BCUT2D eigenvalue weighted by Crippen LogP contribution is 2.42. The zero-order valence-corrected chi connectivity index (χ0v) is 19.8. The molecule has 0 fully saturated rings. The minimum absolute atomic E-state index is 0.282. The molecule has 0 aliphatic carbocycles. The van der Waals surface area contributed by atoms with Crippen molar-refractivity contribution in [3.8, 4) is 17.5 Å². The van der Waals surface area contributed by atoms with Crippen LogP contribution >= 0.6 is 0 Å². The van der Waals surface area contributed by atoms with Crippen LogP contribution in [0.5, 0.6) is 5.75 Å². The molecule has 0 amide bonds. The molecule has 176 valence electrons. The van der Waals surface area contributed by atoms with Crippen molar-refractivity contribution in [3.05, 3.63) is 89.8 Å². The number of anilines is 1. The van der Waals surface area contributed by atoms with E-state index in [2.05, 4.69) is 59.2 Å². The quantitative estimate of drug-likeness (QED) is 0.289. The lowest BCUT2D eigenvalue weighted by molar-refractivity contribution is 0.135. The summed E-state index contributed by atoms with van der Waals surface area (Å²) in [6, 6.07) is 18.1. The summed E-state index contributed by atoms with van der Waals surface area (Å²) in [4.78, 5) is 0. The Balaban J connectivity index is 1.51. The number of aliphatic hydroxyl groups excluding tert-OH is 1. The van der Waals surface area contributed by atoms with Crippen LogP contribution in [-0.2, 0) is 12.0 Å². The molecule has 3 N–H and O–H groups in total. The average Bonchev–Trinajstić information content (AvgIpc) is 3.37. The largest absolute Gasteiger partial charge is 0.497 e. The number of hydrogen-bond donors (Lipinski definition) is 3. The van der Waals surface area contributed by atoms with E-state index in [1.54, 1.807) is 13.2 Å². The molecular weight excluding hydrogens is 424 g/mol. The van der Waals surface area contributed by atoms with Gasteiger partial charge in [0.1, 0.15) is 12.0 Å². The van der Waals surface area contributed by atoms with E-state index in [4.69, 9.17) is 4.74 Å². The zero-order chi connectivity index (χ0) is 24.1. The minimum Gasteiger partial charge on any atom is -0.497 e. The third-order valence-electron chi connectivity index (χ3n) is 6.75. The van der Waals surface area contributed by atoms with E-state index >= 15 is 0 Å². The molecule has 34 heavy (non-hydrogen) atoms. The second-order valence-corrected chi connectivity index (χ2v) is 8.67. The van der Waals surface area contributed by atoms with Crippen LogP contribution in [0.3, 0.4) is 0 Å². The first-order chi connectivity index (χ1) is 16.5. The van der Waals surface area contributed by atoms with Crippen molar-refractivity contribution in [1.82, 2.24) is 9.88 Å². The van der Waals surface area contributed by atoms with Crippen LogP contribution in [0.1, 0.15) is 54.8 Å². The average molecular weight is 457 g/mol. The van der Waals surface area contributed by atoms with Crippen LogP contribution in [0, 0.1) is 11.3 Å². The van der Waals surface area contributed by atoms with E-state index in [9.17, 15) is 10.4 Å². The zero-order valence-electron chi connectivity index (χ0n) is 19.8. The SMILES string of the molecule is C=CCCc1cc(C(O)NCCC2(CC)Nc3cc(OC)ccc3-n3cccc32)ccc1C#N. The number of aromatic nitrogens is 1. The van der Waals surface area contributed by atoms with Crippen LogP contribution < -0.4 is 15.4 Å². The maximum Gasteiger partial charge on any atom is 0.131 e. The highest BCUT2D eigenvalue weighted by Gasteiger charge is 2.37. The topological polar surface area (TPSA) is 82.2 Å². The standard InChI is InChI=1S/C28H32N4O2/c1-4-6-8-20-17-21(10-11-22(20)19-29)27(33)30-15-14-28(5-2)26-9-7-16-32(26)25-13-12-23(34-3)18-24(25)31-28/h4,7,9-13,16-18,27,30-31,33H,1,5-6,8,14-15H2,2-3H3. The van der Waals surface area contributed by atoms with Crippen molar-refractivity contribution in [2.45, 2.75) is 44.4 Å². The Kier molecular flexibility index (Phi) is 7.06. The number of aryl methyl sites for hydroxylation is 1. The van der Waals surface area contributed by atoms with Crippen LogP contribution in [-0.4, -0.2) is 23.3 Å². The van der Waals surface area contributed by atoms with E-state index in [1.165, 1.54) is 5.69 Å². The van der Waals surface area contributed by atoms with Crippen LogP contribution in [0.4, 0.5) is 5.69 Å². The summed E-state index contributed by atoms with van der Waals surface area (Å²) < 4.78 is 7.68. The molecule has 4 rings (SSSR count). The molecule has 1 aromatic heterocycles. The van der Waals surface area contributed by atoms with Crippen molar-refractivity contribution in [2.24, 2.45) is 0 Å². The number of methoxy groups -OCH3 is 1. The fraction of sp³-hybridized carbons (Fsp3) is 0.321. The highest BCUT2D eigenvalue weighted by molar-refractivity contribution is 5.69. The molecule has 2 unspecified atom stereocenters. The first kappa shape index (κ1) is 23.6. The maximum absolute atomic E-state index is 10.8. The summed E-state index contributed by atoms with van der Waals surface area (Å²) in [5, 5.41) is 27.3. The van der Waals surface area contributed by atoms with Crippen molar-refractivity contribution in [2.75, 3.05) is 19.0 Å². The number of rotatable bonds is 10. The Morgan fingerprint density at radius 2 is 2.15 bits per heavy atom. The van der Waals surface area contributed by atoms with Crippen LogP contribution in [0.15, 0.2) is 67.4 Å². The number of nitriles is 1. The van der Waals surface area contributed by atoms with Gasteiger partial charge in [-0.15, -0.1) is 6.58 Å². The summed E-state index contributed by atoms with van der Waals surface area (Å²) in [6.07, 6.45) is 6.30. The van der Waals surface area contributed by atoms with Crippen molar-refractivity contribution in [1.29, 1.82) is 5.26 Å². The predicted octanol–water partition coefficient (Wildman–Crippen LogP) is 5.18. The lowest BCUT2D eigenvalue weighted by Crippen LogP contribution is -2.42. The normalized spacial score (nSPS) is 17.1. The minimum atomic E-state index is -0.813. The lowest BCUT2D eigenvalue weighted by atomic mass is 9.85. The van der Waals surface area contributed by atoms with Gasteiger partial charge < -0.3 is 19.7 Å². The Hall–Kier alpha value is -3.53. The molecule has 2 heterocycles. The lowest BCUT2D eigenvalue weighted by Gasteiger charge is -2.41. The van der Waals surface area contributed by atoms with E-state index in [1.807, 2.05) is 30.3 Å². The van der Waals surface area contributed by atoms with E-state index in [0.29, 0.717) is 12.1 Å². The molecule has 0 radical (unpaired) electrons. The van der Waals surface area contributed by atoms with Gasteiger partial charge in [0, 0.05) is 24.5 Å². The first-order valence-electron chi connectivity index (χ1n) is 11.7. The molecule has 3 aromatic rings. The van der Waals surface area contributed by atoms with Gasteiger partial charge in [0.25, 0.3) is 0 Å². The molecule has 1 aliphatic rings. The van der Waals surface area contributed by atoms with Crippen molar-refractivity contribution in [3.63, 3.8) is 0 Å². The molecule has 0 saturated heterocycles. The highest BCUT2D eigenvalue weighted by atomic mass is 16.5.